The summed E-state index contributed by atoms with van der Waals surface area (Å²) in [5.74, 6) is 1.55. The quantitative estimate of drug-likeness (QED) is 0.846. The van der Waals surface area contributed by atoms with Gasteiger partial charge in [-0.25, -0.2) is 0 Å². The van der Waals surface area contributed by atoms with Gasteiger partial charge in [-0.1, -0.05) is 23.7 Å². The lowest BCUT2D eigenvalue weighted by Crippen LogP contribution is -2.16. The second-order valence-corrected chi connectivity index (χ2v) is 7.84. The van der Waals surface area contributed by atoms with Crippen molar-refractivity contribution in [3.63, 3.8) is 0 Å². The molecule has 0 unspecified atom stereocenters. The largest absolute Gasteiger partial charge is 0.486 e. The molecule has 0 spiro atoms. The Kier molecular flexibility index (Phi) is 4.13. The molecule has 4 rings (SSSR count). The number of benzene rings is 2. The second kappa shape index (κ2) is 6.34. The molecule has 0 saturated carbocycles. The van der Waals surface area contributed by atoms with E-state index in [1.165, 1.54) is 0 Å². The first kappa shape index (κ1) is 16.9. The minimum absolute atomic E-state index is 0.153. The van der Waals surface area contributed by atoms with Crippen molar-refractivity contribution in [1.82, 2.24) is 0 Å². The lowest BCUT2D eigenvalue weighted by molar-refractivity contribution is 0.171. The number of sulfonamides is 1. The van der Waals surface area contributed by atoms with Crippen molar-refractivity contribution in [2.45, 2.75) is 6.92 Å². The first-order valence-electron chi connectivity index (χ1n) is 7.93. The molecule has 6 nitrogen and oxygen atoms in total. The second-order valence-electron chi connectivity index (χ2n) is 5.86. The molecule has 2 aliphatic heterocycles. The highest BCUT2D eigenvalue weighted by Gasteiger charge is 2.31. The Bertz CT molecular complexity index is 1060. The molecule has 2 heterocycles. The maximum atomic E-state index is 12.5. The highest BCUT2D eigenvalue weighted by Crippen LogP contribution is 2.36. The van der Waals surface area contributed by atoms with Crippen LogP contribution in [0.3, 0.4) is 0 Å². The van der Waals surface area contributed by atoms with Gasteiger partial charge in [0.2, 0.25) is 0 Å². The van der Waals surface area contributed by atoms with Gasteiger partial charge >= 0.3 is 0 Å². The molecule has 0 atom stereocenters. The van der Waals surface area contributed by atoms with E-state index >= 15 is 0 Å². The third kappa shape index (κ3) is 3.04. The number of nitrogens with zero attached hydrogens (tertiary/aromatic N) is 1. The first-order valence-corrected chi connectivity index (χ1v) is 9.75. The van der Waals surface area contributed by atoms with Gasteiger partial charge in [0.25, 0.3) is 10.0 Å². The average molecular weight is 391 g/mol. The summed E-state index contributed by atoms with van der Waals surface area (Å²) in [6, 6.07) is 12.0. The summed E-state index contributed by atoms with van der Waals surface area (Å²) in [6.45, 7) is 2.70. The summed E-state index contributed by atoms with van der Waals surface area (Å²) in [4.78, 5) is 0.153. The molecule has 2 aromatic rings. The number of ether oxygens (including phenoxy) is 2. The predicted molar refractivity (Wildman–Crippen MR) is 101 cm³/mol. The van der Waals surface area contributed by atoms with Gasteiger partial charge in [-0.05, 0) is 36.8 Å². The molecule has 134 valence electrons. The zero-order valence-electron chi connectivity index (χ0n) is 13.8. The zero-order chi connectivity index (χ0) is 18.3. The fourth-order valence-corrected chi connectivity index (χ4v) is 4.52. The summed E-state index contributed by atoms with van der Waals surface area (Å²) >= 11 is 6.00. The molecular formula is C18H15ClN2O4S. The Labute approximate surface area is 156 Å². The maximum Gasteiger partial charge on any atom is 0.285 e. The summed E-state index contributed by atoms with van der Waals surface area (Å²) in [5.41, 5.74) is 1.70. The summed E-state index contributed by atoms with van der Waals surface area (Å²) < 4.78 is 40.0. The molecule has 0 aromatic heterocycles. The van der Waals surface area contributed by atoms with E-state index in [2.05, 4.69) is 9.71 Å². The lowest BCUT2D eigenvalue weighted by Gasteiger charge is -2.19. The topological polar surface area (TPSA) is 77.0 Å². The van der Waals surface area contributed by atoms with Gasteiger partial charge in [0.15, 0.2) is 11.5 Å². The van der Waals surface area contributed by atoms with Crippen molar-refractivity contribution in [2.75, 3.05) is 18.5 Å². The molecule has 26 heavy (non-hydrogen) atoms. The van der Waals surface area contributed by atoms with Crippen LogP contribution in [0.25, 0.3) is 4.91 Å². The molecular weight excluding hydrogens is 376 g/mol. The van der Waals surface area contributed by atoms with Crippen LogP contribution in [0.1, 0.15) is 12.5 Å². The summed E-state index contributed by atoms with van der Waals surface area (Å²) in [6.07, 6.45) is 0. The number of hydrogen-bond acceptors (Lipinski definition) is 5. The normalized spacial score (nSPS) is 17.8. The number of anilines is 1. The number of amidine groups is 1. The Balaban J connectivity index is 1.69. The number of halogens is 1. The van der Waals surface area contributed by atoms with E-state index in [0.717, 1.165) is 0 Å². The van der Waals surface area contributed by atoms with Crippen molar-refractivity contribution in [1.29, 1.82) is 0 Å². The molecule has 0 bridgehead atoms. The third-order valence-corrected chi connectivity index (χ3v) is 5.77. The van der Waals surface area contributed by atoms with Crippen molar-refractivity contribution >= 4 is 38.1 Å². The minimum Gasteiger partial charge on any atom is -0.486 e. The Morgan fingerprint density at radius 1 is 1.08 bits per heavy atom. The Hall–Kier alpha value is -2.51. The highest BCUT2D eigenvalue weighted by molar-refractivity contribution is 8.00. The van der Waals surface area contributed by atoms with Gasteiger partial charge in [0, 0.05) is 22.3 Å². The van der Waals surface area contributed by atoms with Crippen LogP contribution < -0.4 is 14.8 Å². The average Bonchev–Trinajstić information content (AvgIpc) is 2.83. The highest BCUT2D eigenvalue weighted by atomic mass is 35.5. The van der Waals surface area contributed by atoms with E-state index in [-0.39, 0.29) is 10.7 Å². The fourth-order valence-electron chi connectivity index (χ4n) is 2.90. The van der Waals surface area contributed by atoms with Gasteiger partial charge in [-0.2, -0.15) is 8.42 Å². The van der Waals surface area contributed by atoms with Gasteiger partial charge in [0.1, 0.15) is 24.0 Å². The minimum atomic E-state index is -3.80. The van der Waals surface area contributed by atoms with Crippen LogP contribution in [0.15, 0.2) is 52.4 Å². The molecule has 8 heteroatoms. The van der Waals surface area contributed by atoms with E-state index < -0.39 is 10.0 Å². The molecule has 0 saturated heterocycles. The van der Waals surface area contributed by atoms with E-state index in [9.17, 15) is 8.42 Å². The van der Waals surface area contributed by atoms with Gasteiger partial charge < -0.3 is 14.8 Å². The van der Waals surface area contributed by atoms with Crippen LogP contribution in [0, 0.1) is 0 Å². The van der Waals surface area contributed by atoms with E-state index in [1.807, 2.05) is 0 Å². The van der Waals surface area contributed by atoms with Gasteiger partial charge in [-0.15, -0.1) is 4.40 Å². The number of rotatable bonds is 2. The van der Waals surface area contributed by atoms with Gasteiger partial charge in [0.05, 0.1) is 0 Å². The SMILES string of the molecule is CC1=C(c2cccc(Cl)c2)S(=O)(=O)N=C1Nc1ccc2c(c1)OCCO2. The summed E-state index contributed by atoms with van der Waals surface area (Å²) in [5, 5.41) is 3.52. The number of nitrogens with one attached hydrogen (secondary N) is 1. The standard InChI is InChI=1S/C18H15ClN2O4S/c1-11-17(12-3-2-4-13(19)9-12)26(22,23)21-18(11)20-14-5-6-15-16(10-14)25-8-7-24-15/h2-6,9-10H,7-8H2,1H3,(H,20,21). The van der Waals surface area contributed by atoms with Crippen LogP contribution in [0.2, 0.25) is 5.02 Å². The monoisotopic (exact) mass is 390 g/mol. The van der Waals surface area contributed by atoms with Crippen LogP contribution in [0.4, 0.5) is 5.69 Å². The lowest BCUT2D eigenvalue weighted by atomic mass is 10.1. The van der Waals surface area contributed by atoms with Gasteiger partial charge in [-0.3, -0.25) is 0 Å². The fraction of sp³-hybridized carbons (Fsp3) is 0.167. The first-order chi connectivity index (χ1) is 12.4. The van der Waals surface area contributed by atoms with Crippen LogP contribution in [-0.2, 0) is 10.0 Å². The van der Waals surface area contributed by atoms with E-state index in [1.54, 1.807) is 49.4 Å². The number of hydrogen-bond donors (Lipinski definition) is 1. The van der Waals surface area contributed by atoms with Crippen LogP contribution >= 0.6 is 11.6 Å². The third-order valence-electron chi connectivity index (χ3n) is 4.06. The maximum absolute atomic E-state index is 12.5. The smallest absolute Gasteiger partial charge is 0.285 e. The van der Waals surface area contributed by atoms with E-state index in [4.69, 9.17) is 21.1 Å². The van der Waals surface area contributed by atoms with Crippen molar-refractivity contribution in [2.24, 2.45) is 4.40 Å². The zero-order valence-corrected chi connectivity index (χ0v) is 15.4. The summed E-state index contributed by atoms with van der Waals surface area (Å²) in [7, 11) is -3.80. The number of fused-ring (bicyclic) bond motifs is 1. The van der Waals surface area contributed by atoms with Crippen LogP contribution in [-0.4, -0.2) is 27.5 Å². The van der Waals surface area contributed by atoms with Crippen molar-refractivity contribution in [3.8, 4) is 11.5 Å². The molecule has 0 radical (unpaired) electrons. The van der Waals surface area contributed by atoms with Crippen LogP contribution in [0.5, 0.6) is 11.5 Å². The van der Waals surface area contributed by atoms with Crippen molar-refractivity contribution in [3.05, 3.63) is 58.6 Å². The van der Waals surface area contributed by atoms with E-state index in [0.29, 0.717) is 46.6 Å². The molecule has 0 amide bonds. The molecule has 0 fully saturated rings. The molecule has 1 N–H and O–H groups in total. The predicted octanol–water partition coefficient (Wildman–Crippen LogP) is 3.70. The molecule has 2 aromatic carbocycles. The Morgan fingerprint density at radius 3 is 2.62 bits per heavy atom. The Morgan fingerprint density at radius 2 is 1.85 bits per heavy atom. The molecule has 2 aliphatic rings. The molecule has 0 aliphatic carbocycles. The van der Waals surface area contributed by atoms with Crippen molar-refractivity contribution < 1.29 is 17.9 Å².